The monoisotopic (exact) mass is 361 g/mol. The molecule has 10 heteroatoms. The average molecular weight is 361 g/mol. The van der Waals surface area contributed by atoms with Gasteiger partial charge in [-0.2, -0.15) is 30.4 Å². The average Bonchev–Trinajstić information content (AvgIpc) is 2.34. The van der Waals surface area contributed by atoms with Gasteiger partial charge >= 0.3 is 21.5 Å². The second-order valence-electron chi connectivity index (χ2n) is 7.15. The number of nitrogens with one attached hydrogen (secondary N) is 1. The second kappa shape index (κ2) is 4.80. The van der Waals surface area contributed by atoms with Gasteiger partial charge in [-0.3, -0.25) is 4.79 Å². The molecule has 0 unspecified atom stereocenters. The highest BCUT2D eigenvalue weighted by atomic mass is 32.2. The molecule has 0 heterocycles. The molecule has 4 rings (SSSR count). The quantitative estimate of drug-likeness (QED) is 0.787. The molecule has 4 bridgehead atoms. The maximum absolute atomic E-state index is 13.1. The van der Waals surface area contributed by atoms with Gasteiger partial charge in [-0.1, -0.05) is 0 Å². The molecule has 4 saturated carbocycles. The van der Waals surface area contributed by atoms with Crippen molar-refractivity contribution < 1.29 is 35.2 Å². The zero-order valence-electron chi connectivity index (χ0n) is 12.0. The first-order chi connectivity index (χ1) is 10.4. The van der Waals surface area contributed by atoms with Crippen LogP contribution in [0.2, 0.25) is 0 Å². The maximum Gasteiger partial charge on any atom is 0.471 e. The molecule has 0 aromatic heterocycles. The molecule has 0 saturated heterocycles. The predicted octanol–water partition coefficient (Wildman–Crippen LogP) is 2.80. The lowest BCUT2D eigenvalue weighted by Gasteiger charge is -2.55. The summed E-state index contributed by atoms with van der Waals surface area (Å²) in [6, 6.07) is 0. The van der Waals surface area contributed by atoms with Crippen LogP contribution in [0.25, 0.3) is 0 Å². The lowest BCUT2D eigenvalue weighted by Crippen LogP contribution is -2.58. The number of halogens is 5. The SMILES string of the molecule is O=C(NS(=O)(=O)C(F)(F)C(F)(F)F)C12CC3CC(CC(C3)C1)C2. The van der Waals surface area contributed by atoms with Gasteiger partial charge < -0.3 is 0 Å². The summed E-state index contributed by atoms with van der Waals surface area (Å²) in [5, 5.41) is -6.00. The summed E-state index contributed by atoms with van der Waals surface area (Å²) < 4.78 is 86.8. The van der Waals surface area contributed by atoms with E-state index in [1.807, 2.05) is 0 Å². The molecule has 0 spiro atoms. The summed E-state index contributed by atoms with van der Waals surface area (Å²) in [6.45, 7) is 0. The van der Waals surface area contributed by atoms with Crippen molar-refractivity contribution in [2.24, 2.45) is 23.2 Å². The van der Waals surface area contributed by atoms with Gasteiger partial charge in [-0.15, -0.1) is 0 Å². The van der Waals surface area contributed by atoms with Gasteiger partial charge in [-0.25, -0.2) is 4.72 Å². The highest BCUT2D eigenvalue weighted by molar-refractivity contribution is 7.91. The molecule has 23 heavy (non-hydrogen) atoms. The van der Waals surface area contributed by atoms with Gasteiger partial charge in [0.25, 0.3) is 0 Å². The van der Waals surface area contributed by atoms with Crippen LogP contribution in [0.15, 0.2) is 0 Å². The van der Waals surface area contributed by atoms with E-state index in [-0.39, 0.29) is 17.8 Å². The number of carbonyl (C=O) groups excluding carboxylic acids is 1. The Morgan fingerprint density at radius 2 is 1.30 bits per heavy atom. The predicted molar refractivity (Wildman–Crippen MR) is 68.7 cm³/mol. The van der Waals surface area contributed by atoms with Crippen LogP contribution >= 0.6 is 0 Å². The van der Waals surface area contributed by atoms with Gasteiger partial charge in [0.1, 0.15) is 0 Å². The van der Waals surface area contributed by atoms with Crippen LogP contribution in [-0.4, -0.2) is 25.8 Å². The van der Waals surface area contributed by atoms with Crippen molar-refractivity contribution in [1.82, 2.24) is 4.72 Å². The van der Waals surface area contributed by atoms with E-state index >= 15 is 0 Å². The molecule has 4 nitrogen and oxygen atoms in total. The Labute approximate surface area is 129 Å². The molecule has 0 aromatic rings. The van der Waals surface area contributed by atoms with Gasteiger partial charge in [0, 0.05) is 0 Å². The van der Waals surface area contributed by atoms with Crippen molar-refractivity contribution in [3.63, 3.8) is 0 Å². The molecule has 0 aromatic carbocycles. The van der Waals surface area contributed by atoms with E-state index in [4.69, 9.17) is 0 Å². The largest absolute Gasteiger partial charge is 0.471 e. The van der Waals surface area contributed by atoms with E-state index in [2.05, 4.69) is 0 Å². The van der Waals surface area contributed by atoms with Crippen LogP contribution in [-0.2, 0) is 14.8 Å². The smallest absolute Gasteiger partial charge is 0.273 e. The number of sulfonamides is 1. The molecule has 0 aliphatic heterocycles. The van der Waals surface area contributed by atoms with Crippen molar-refractivity contribution in [3.05, 3.63) is 0 Å². The molecular weight excluding hydrogens is 345 g/mol. The van der Waals surface area contributed by atoms with Crippen LogP contribution in [0.1, 0.15) is 38.5 Å². The van der Waals surface area contributed by atoms with Gasteiger partial charge in [-0.05, 0) is 56.3 Å². The number of alkyl halides is 5. The number of amides is 1. The molecule has 0 radical (unpaired) electrons. The van der Waals surface area contributed by atoms with Crippen LogP contribution in [0.3, 0.4) is 0 Å². The normalized spacial score (nSPS) is 37.0. The number of hydrogen-bond donors (Lipinski definition) is 1. The molecule has 4 aliphatic carbocycles. The lowest BCUT2D eigenvalue weighted by atomic mass is 9.49. The van der Waals surface area contributed by atoms with Gasteiger partial charge in [0.2, 0.25) is 5.91 Å². The third-order valence-corrected chi connectivity index (χ3v) is 6.78. The van der Waals surface area contributed by atoms with Crippen molar-refractivity contribution in [2.75, 3.05) is 0 Å². The van der Waals surface area contributed by atoms with Crippen LogP contribution in [0.5, 0.6) is 0 Å². The number of rotatable bonds is 3. The summed E-state index contributed by atoms with van der Waals surface area (Å²) in [7, 11) is -6.17. The van der Waals surface area contributed by atoms with Crippen molar-refractivity contribution in [3.8, 4) is 0 Å². The van der Waals surface area contributed by atoms with E-state index in [0.29, 0.717) is 19.3 Å². The minimum Gasteiger partial charge on any atom is -0.273 e. The topological polar surface area (TPSA) is 63.2 Å². The maximum atomic E-state index is 13.1. The standard InChI is InChI=1S/C13H16F5NO3S/c14-12(15,16)13(17,18)23(21,22)19-10(20)11-4-7-1-8(5-11)3-9(2-7)6-11/h7-9H,1-6H2,(H,19,20). The van der Waals surface area contributed by atoms with E-state index < -0.39 is 32.8 Å². The fraction of sp³-hybridized carbons (Fsp3) is 0.923. The van der Waals surface area contributed by atoms with Crippen LogP contribution in [0, 0.1) is 23.2 Å². The Hall–Kier alpha value is -0.930. The molecule has 1 N–H and O–H groups in total. The minimum absolute atomic E-state index is 0.220. The van der Waals surface area contributed by atoms with E-state index in [9.17, 15) is 35.2 Å². The Kier molecular flexibility index (Phi) is 3.53. The summed E-state index contributed by atoms with van der Waals surface area (Å²) >= 11 is 0. The first kappa shape index (κ1) is 16.9. The highest BCUT2D eigenvalue weighted by Crippen LogP contribution is 2.60. The number of hydrogen-bond acceptors (Lipinski definition) is 3. The summed E-state index contributed by atoms with van der Waals surface area (Å²) in [4.78, 5) is 12.3. The highest BCUT2D eigenvalue weighted by Gasteiger charge is 2.68. The molecule has 1 amide bonds. The lowest BCUT2D eigenvalue weighted by molar-refractivity contribution is -0.241. The van der Waals surface area contributed by atoms with Crippen molar-refractivity contribution in [2.45, 2.75) is 50.0 Å². The van der Waals surface area contributed by atoms with Crippen molar-refractivity contribution >= 4 is 15.9 Å². The number of carbonyl (C=O) groups is 1. The zero-order valence-corrected chi connectivity index (χ0v) is 12.8. The van der Waals surface area contributed by atoms with Crippen molar-refractivity contribution in [1.29, 1.82) is 0 Å². The Morgan fingerprint density at radius 1 is 0.913 bits per heavy atom. The first-order valence-electron chi connectivity index (χ1n) is 7.38. The zero-order chi connectivity index (χ0) is 17.3. The summed E-state index contributed by atoms with van der Waals surface area (Å²) in [5.74, 6) is -0.547. The summed E-state index contributed by atoms with van der Waals surface area (Å²) in [5.41, 5.74) is -1.12. The van der Waals surface area contributed by atoms with E-state index in [1.54, 1.807) is 0 Å². The molecular formula is C13H16F5NO3S. The molecule has 4 fully saturated rings. The molecule has 4 aliphatic rings. The third-order valence-electron chi connectivity index (χ3n) is 5.41. The first-order valence-corrected chi connectivity index (χ1v) is 8.86. The fourth-order valence-corrected chi connectivity index (χ4v) is 5.73. The Morgan fingerprint density at radius 3 is 1.65 bits per heavy atom. The molecule has 0 atom stereocenters. The van der Waals surface area contributed by atoms with Crippen LogP contribution < -0.4 is 4.72 Å². The van der Waals surface area contributed by atoms with Gasteiger partial charge in [0.05, 0.1) is 5.41 Å². The van der Waals surface area contributed by atoms with Gasteiger partial charge in [0.15, 0.2) is 0 Å². The van der Waals surface area contributed by atoms with Crippen LogP contribution in [0.4, 0.5) is 22.0 Å². The Bertz CT molecular complexity index is 593. The van der Waals surface area contributed by atoms with E-state index in [0.717, 1.165) is 24.0 Å². The third kappa shape index (κ3) is 2.53. The second-order valence-corrected chi connectivity index (χ2v) is 8.87. The Balaban J connectivity index is 1.82. The molecule has 132 valence electrons. The minimum atomic E-state index is -6.28. The van der Waals surface area contributed by atoms with E-state index in [1.165, 1.54) is 0 Å². The summed E-state index contributed by atoms with van der Waals surface area (Å²) in [6.07, 6.45) is -2.46. The fourth-order valence-electron chi connectivity index (χ4n) is 4.84.